The van der Waals surface area contributed by atoms with Gasteiger partial charge in [0.05, 0.1) is 12.1 Å². The third-order valence-electron chi connectivity index (χ3n) is 3.64. The van der Waals surface area contributed by atoms with Gasteiger partial charge in [-0.05, 0) is 51.9 Å². The maximum atomic E-state index is 4.74. The number of nitrogens with one attached hydrogen (secondary N) is 1. The first kappa shape index (κ1) is 13.3. The highest BCUT2D eigenvalue weighted by Gasteiger charge is 2.15. The van der Waals surface area contributed by atoms with Crippen molar-refractivity contribution in [3.63, 3.8) is 0 Å². The Morgan fingerprint density at radius 1 is 1.15 bits per heavy atom. The summed E-state index contributed by atoms with van der Waals surface area (Å²) >= 11 is 0. The summed E-state index contributed by atoms with van der Waals surface area (Å²) < 4.78 is 0. The van der Waals surface area contributed by atoms with Crippen LogP contribution in [-0.2, 0) is 6.54 Å². The second-order valence-electron chi connectivity index (χ2n) is 5.79. The number of anilines is 1. The molecule has 0 saturated carbocycles. The number of hydrogen-bond acceptors (Lipinski definition) is 4. The first-order chi connectivity index (χ1) is 9.72. The van der Waals surface area contributed by atoms with Gasteiger partial charge in [0.15, 0.2) is 0 Å². The van der Waals surface area contributed by atoms with Gasteiger partial charge in [-0.25, -0.2) is 9.97 Å². The highest BCUT2D eigenvalue weighted by Crippen LogP contribution is 2.22. The summed E-state index contributed by atoms with van der Waals surface area (Å²) in [5, 5.41) is 4.55. The van der Waals surface area contributed by atoms with Gasteiger partial charge in [-0.3, -0.25) is 4.90 Å². The third kappa shape index (κ3) is 2.90. The molecule has 0 spiro atoms. The molecule has 0 bridgehead atoms. The average molecular weight is 270 g/mol. The molecule has 0 amide bonds. The molecule has 1 aliphatic rings. The highest BCUT2D eigenvalue weighted by atomic mass is 15.2. The minimum absolute atomic E-state index is 0.368. The van der Waals surface area contributed by atoms with Crippen LogP contribution in [0, 0.1) is 0 Å². The van der Waals surface area contributed by atoms with Gasteiger partial charge in [-0.15, -0.1) is 0 Å². The van der Waals surface area contributed by atoms with Crippen LogP contribution >= 0.6 is 0 Å². The molecule has 20 heavy (non-hydrogen) atoms. The number of benzene rings is 1. The quantitative estimate of drug-likeness (QED) is 0.927. The van der Waals surface area contributed by atoms with Gasteiger partial charge in [0.2, 0.25) is 0 Å². The first-order valence-electron chi connectivity index (χ1n) is 7.47. The molecule has 3 rings (SSSR count). The molecular weight excluding hydrogens is 248 g/mol. The lowest BCUT2D eigenvalue weighted by Crippen LogP contribution is -2.21. The molecule has 4 nitrogen and oxygen atoms in total. The zero-order valence-electron chi connectivity index (χ0n) is 12.3. The number of para-hydroxylation sites is 1. The molecule has 0 radical (unpaired) electrons. The van der Waals surface area contributed by atoms with Crippen molar-refractivity contribution in [3.05, 3.63) is 30.1 Å². The van der Waals surface area contributed by atoms with E-state index in [4.69, 9.17) is 9.97 Å². The Morgan fingerprint density at radius 2 is 1.90 bits per heavy atom. The summed E-state index contributed by atoms with van der Waals surface area (Å²) in [5.41, 5.74) is 1.03. The van der Waals surface area contributed by atoms with Crippen molar-refractivity contribution in [2.24, 2.45) is 0 Å². The first-order valence-corrected chi connectivity index (χ1v) is 7.47. The van der Waals surface area contributed by atoms with Crippen LogP contribution < -0.4 is 5.32 Å². The Labute approximate surface area is 120 Å². The minimum Gasteiger partial charge on any atom is -0.367 e. The minimum atomic E-state index is 0.368. The van der Waals surface area contributed by atoms with E-state index < -0.39 is 0 Å². The van der Waals surface area contributed by atoms with Gasteiger partial charge < -0.3 is 5.32 Å². The molecule has 1 saturated heterocycles. The van der Waals surface area contributed by atoms with E-state index in [0.29, 0.717) is 6.04 Å². The fraction of sp³-hybridized carbons (Fsp3) is 0.500. The average Bonchev–Trinajstić information content (AvgIpc) is 2.91. The van der Waals surface area contributed by atoms with Crippen molar-refractivity contribution in [2.45, 2.75) is 39.3 Å². The van der Waals surface area contributed by atoms with Crippen LogP contribution in [0.4, 0.5) is 5.82 Å². The zero-order valence-corrected chi connectivity index (χ0v) is 12.3. The number of fused-ring (bicyclic) bond motifs is 1. The lowest BCUT2D eigenvalue weighted by molar-refractivity contribution is 0.323. The summed E-state index contributed by atoms with van der Waals surface area (Å²) in [4.78, 5) is 11.9. The molecule has 0 atom stereocenters. The molecular formula is C16H22N4. The molecule has 1 aromatic heterocycles. The number of hydrogen-bond donors (Lipinski definition) is 1. The van der Waals surface area contributed by atoms with Crippen molar-refractivity contribution in [1.82, 2.24) is 14.9 Å². The van der Waals surface area contributed by atoms with Crippen molar-refractivity contribution >= 4 is 16.7 Å². The lowest BCUT2D eigenvalue weighted by Gasteiger charge is -2.16. The van der Waals surface area contributed by atoms with E-state index in [1.165, 1.54) is 25.9 Å². The van der Waals surface area contributed by atoms with Crippen molar-refractivity contribution < 1.29 is 0 Å². The van der Waals surface area contributed by atoms with Crippen molar-refractivity contribution in [1.29, 1.82) is 0 Å². The summed E-state index contributed by atoms with van der Waals surface area (Å²) in [6.45, 7) is 7.47. The van der Waals surface area contributed by atoms with Crippen LogP contribution in [0.25, 0.3) is 10.9 Å². The van der Waals surface area contributed by atoms with Gasteiger partial charge in [-0.2, -0.15) is 0 Å². The van der Waals surface area contributed by atoms with Crippen LogP contribution in [-0.4, -0.2) is 34.0 Å². The number of aromatic nitrogens is 2. The van der Waals surface area contributed by atoms with Crippen LogP contribution in [0.15, 0.2) is 24.3 Å². The fourth-order valence-corrected chi connectivity index (χ4v) is 2.72. The predicted molar refractivity (Wildman–Crippen MR) is 82.8 cm³/mol. The van der Waals surface area contributed by atoms with E-state index in [2.05, 4.69) is 36.2 Å². The SMILES string of the molecule is CC(C)Nc1nc(CN2CCCC2)nc2ccccc12. The molecule has 2 aromatic rings. The van der Waals surface area contributed by atoms with E-state index in [1.54, 1.807) is 0 Å². The maximum Gasteiger partial charge on any atom is 0.145 e. The Morgan fingerprint density at radius 3 is 2.65 bits per heavy atom. The topological polar surface area (TPSA) is 41.1 Å². The van der Waals surface area contributed by atoms with Gasteiger partial charge in [0.25, 0.3) is 0 Å². The number of rotatable bonds is 4. The maximum absolute atomic E-state index is 4.74. The number of nitrogens with zero attached hydrogens (tertiary/aromatic N) is 3. The van der Waals surface area contributed by atoms with Gasteiger partial charge in [-0.1, -0.05) is 12.1 Å². The summed E-state index contributed by atoms with van der Waals surface area (Å²) in [6.07, 6.45) is 2.59. The van der Waals surface area contributed by atoms with E-state index in [-0.39, 0.29) is 0 Å². The molecule has 4 heteroatoms. The zero-order chi connectivity index (χ0) is 13.9. The standard InChI is InChI=1S/C16H22N4/c1-12(2)17-16-13-7-3-4-8-14(13)18-15(19-16)11-20-9-5-6-10-20/h3-4,7-8,12H,5-6,9-11H2,1-2H3,(H,17,18,19). The summed E-state index contributed by atoms with van der Waals surface area (Å²) in [7, 11) is 0. The van der Waals surface area contributed by atoms with Crippen LogP contribution in [0.2, 0.25) is 0 Å². The van der Waals surface area contributed by atoms with Crippen molar-refractivity contribution in [3.8, 4) is 0 Å². The molecule has 1 N–H and O–H groups in total. The Kier molecular flexibility index (Phi) is 3.83. The second-order valence-corrected chi connectivity index (χ2v) is 5.79. The van der Waals surface area contributed by atoms with Gasteiger partial charge >= 0.3 is 0 Å². The van der Waals surface area contributed by atoms with Crippen LogP contribution in [0.3, 0.4) is 0 Å². The molecule has 0 aliphatic carbocycles. The Bertz CT molecular complexity index is 588. The lowest BCUT2D eigenvalue weighted by atomic mass is 10.2. The smallest absolute Gasteiger partial charge is 0.145 e. The molecule has 0 unspecified atom stereocenters. The monoisotopic (exact) mass is 270 g/mol. The number of likely N-dealkylation sites (tertiary alicyclic amines) is 1. The molecule has 106 valence electrons. The highest BCUT2D eigenvalue weighted by molar-refractivity contribution is 5.89. The van der Waals surface area contributed by atoms with Crippen LogP contribution in [0.5, 0.6) is 0 Å². The van der Waals surface area contributed by atoms with E-state index >= 15 is 0 Å². The predicted octanol–water partition coefficient (Wildman–Crippen LogP) is 3.05. The largest absolute Gasteiger partial charge is 0.367 e. The summed E-state index contributed by atoms with van der Waals surface area (Å²) in [5.74, 6) is 1.88. The van der Waals surface area contributed by atoms with E-state index in [9.17, 15) is 0 Å². The van der Waals surface area contributed by atoms with Gasteiger partial charge in [0, 0.05) is 11.4 Å². The molecule has 1 fully saturated rings. The van der Waals surface area contributed by atoms with Gasteiger partial charge in [0.1, 0.15) is 11.6 Å². The Hall–Kier alpha value is -1.68. The van der Waals surface area contributed by atoms with Crippen molar-refractivity contribution in [2.75, 3.05) is 18.4 Å². The third-order valence-corrected chi connectivity index (χ3v) is 3.64. The second kappa shape index (κ2) is 5.75. The van der Waals surface area contributed by atoms with E-state index in [0.717, 1.165) is 29.1 Å². The Balaban J connectivity index is 1.95. The molecule has 1 aliphatic heterocycles. The summed E-state index contributed by atoms with van der Waals surface area (Å²) in [6, 6.07) is 8.59. The normalized spacial score (nSPS) is 16.1. The van der Waals surface area contributed by atoms with E-state index in [1.807, 2.05) is 12.1 Å². The molecule has 2 heterocycles. The van der Waals surface area contributed by atoms with Crippen LogP contribution in [0.1, 0.15) is 32.5 Å². The fourth-order valence-electron chi connectivity index (χ4n) is 2.72. The molecule has 1 aromatic carbocycles.